The molecule has 1 aromatic carbocycles. The number of hydrogen-bond donors (Lipinski definition) is 4. The number of carbonyl (C=O) groups excluding carboxylic acids is 3. The summed E-state index contributed by atoms with van der Waals surface area (Å²) < 4.78 is 22.0. The lowest BCUT2D eigenvalue weighted by Crippen LogP contribution is -2.51. The summed E-state index contributed by atoms with van der Waals surface area (Å²) >= 11 is 0. The molecule has 0 bridgehead atoms. The zero-order chi connectivity index (χ0) is 34.2. The molecule has 47 heavy (non-hydrogen) atoms. The van der Waals surface area contributed by atoms with Crippen LogP contribution in [0.15, 0.2) is 23.0 Å². The third-order valence-electron chi connectivity index (χ3n) is 9.55. The van der Waals surface area contributed by atoms with Crippen molar-refractivity contribution in [1.82, 2.24) is 20.2 Å². The molecular formula is C35H44FN5O6. The van der Waals surface area contributed by atoms with Crippen molar-refractivity contribution in [3.05, 3.63) is 62.2 Å². The van der Waals surface area contributed by atoms with E-state index in [9.17, 15) is 28.7 Å². The smallest absolute Gasteiger partial charge is 0.254 e. The average Bonchev–Trinajstić information content (AvgIpc) is 3.40. The lowest BCUT2D eigenvalue weighted by Gasteiger charge is -2.32. The second-order valence-electron chi connectivity index (χ2n) is 13.0. The van der Waals surface area contributed by atoms with E-state index in [-0.39, 0.29) is 60.9 Å². The zero-order valence-corrected chi connectivity index (χ0v) is 27.7. The van der Waals surface area contributed by atoms with Gasteiger partial charge in [-0.15, -0.1) is 0 Å². The van der Waals surface area contributed by atoms with E-state index in [0.717, 1.165) is 16.5 Å². The summed E-state index contributed by atoms with van der Waals surface area (Å²) in [6.45, 7) is 9.32. The number of aryl methyl sites for hydroxylation is 2. The van der Waals surface area contributed by atoms with Crippen molar-refractivity contribution in [2.75, 3.05) is 13.3 Å². The standard InChI is InChI=1S/C35H44FN5O6/c1-6-35(46)25-14-28-31-24(16-41(28)34(45)22(25)10-11-29(35)42)21(23-13-19(4)26(36)15-27(23)40-31)9-7-8-12-47-17-38-32(43)20(5)39-33(44)30(37)18(2)3/h13-15,18,20,30,46H,6-12,16-17,37H2,1-5H3,(H,38,43)(H,39,44)/t20-,30-,35-/m0/s1. The minimum Gasteiger partial charge on any atom is -0.377 e. The Balaban J connectivity index is 1.30. The van der Waals surface area contributed by atoms with Crippen LogP contribution in [0, 0.1) is 18.7 Å². The molecule has 12 heteroatoms. The number of rotatable bonds is 12. The van der Waals surface area contributed by atoms with Crippen LogP contribution in [0.25, 0.3) is 22.3 Å². The van der Waals surface area contributed by atoms with E-state index in [0.29, 0.717) is 66.0 Å². The summed E-state index contributed by atoms with van der Waals surface area (Å²) in [4.78, 5) is 55.8. The summed E-state index contributed by atoms with van der Waals surface area (Å²) in [5.41, 5.74) is 8.56. The van der Waals surface area contributed by atoms with Crippen LogP contribution in [0.4, 0.5) is 4.39 Å². The molecule has 0 fully saturated rings. The number of aliphatic hydroxyl groups is 1. The Hall–Kier alpha value is -4.00. The topological polar surface area (TPSA) is 166 Å². The molecule has 1 aliphatic carbocycles. The normalized spacial score (nSPS) is 18.1. The van der Waals surface area contributed by atoms with E-state index >= 15 is 0 Å². The van der Waals surface area contributed by atoms with Gasteiger partial charge in [-0.3, -0.25) is 19.2 Å². The van der Waals surface area contributed by atoms with Crippen LogP contribution < -0.4 is 21.9 Å². The Bertz CT molecular complexity index is 1800. The highest BCUT2D eigenvalue weighted by molar-refractivity contribution is 5.92. The first-order valence-corrected chi connectivity index (χ1v) is 16.3. The summed E-state index contributed by atoms with van der Waals surface area (Å²) in [5.74, 6) is -1.50. The highest BCUT2D eigenvalue weighted by Gasteiger charge is 2.43. The molecule has 1 aliphatic heterocycles. The third kappa shape index (κ3) is 6.46. The maximum Gasteiger partial charge on any atom is 0.254 e. The van der Waals surface area contributed by atoms with Crippen molar-refractivity contribution in [3.63, 3.8) is 0 Å². The monoisotopic (exact) mass is 649 g/mol. The number of hydrogen-bond acceptors (Lipinski definition) is 8. The first-order valence-electron chi connectivity index (χ1n) is 16.3. The lowest BCUT2D eigenvalue weighted by molar-refractivity contribution is -0.140. The number of ether oxygens (including phenoxy) is 1. The number of nitrogens with one attached hydrogen (secondary N) is 2. The first-order chi connectivity index (χ1) is 22.3. The number of unbranched alkanes of at least 4 members (excludes halogenated alkanes) is 1. The minimum atomic E-state index is -1.72. The molecule has 0 saturated carbocycles. The molecular weight excluding hydrogens is 605 g/mol. The third-order valence-corrected chi connectivity index (χ3v) is 9.55. The van der Waals surface area contributed by atoms with Crippen LogP contribution in [0.3, 0.4) is 0 Å². The molecule has 0 saturated heterocycles. The van der Waals surface area contributed by atoms with Crippen molar-refractivity contribution >= 4 is 28.5 Å². The van der Waals surface area contributed by atoms with Gasteiger partial charge in [0, 0.05) is 41.2 Å². The quantitative estimate of drug-likeness (QED) is 0.134. The van der Waals surface area contributed by atoms with Gasteiger partial charge in [0.25, 0.3) is 5.56 Å². The van der Waals surface area contributed by atoms with E-state index in [2.05, 4.69) is 10.6 Å². The summed E-state index contributed by atoms with van der Waals surface area (Å²) in [5, 5.41) is 17.4. The summed E-state index contributed by atoms with van der Waals surface area (Å²) in [6, 6.07) is 3.47. The number of fused-ring (bicyclic) bond motifs is 5. The fourth-order valence-electron chi connectivity index (χ4n) is 6.49. The Morgan fingerprint density at radius 1 is 1.13 bits per heavy atom. The molecule has 3 aromatic rings. The average molecular weight is 650 g/mol. The molecule has 3 atom stereocenters. The Morgan fingerprint density at radius 2 is 1.87 bits per heavy atom. The van der Waals surface area contributed by atoms with Crippen molar-refractivity contribution in [3.8, 4) is 11.4 Å². The van der Waals surface area contributed by atoms with Crippen LogP contribution in [-0.2, 0) is 44.1 Å². The molecule has 0 radical (unpaired) electrons. The molecule has 5 N–H and O–H groups in total. The SMILES string of the molecule is CC[C@@]1(O)C(=O)CCc2c1cc1n(c2=O)Cc2c-1nc1cc(F)c(C)cc1c2CCCCOCNC(=O)[C@H](C)NC(=O)[C@@H](N)C(C)C. The van der Waals surface area contributed by atoms with E-state index in [4.69, 9.17) is 15.5 Å². The van der Waals surface area contributed by atoms with Crippen LogP contribution in [0.5, 0.6) is 0 Å². The summed E-state index contributed by atoms with van der Waals surface area (Å²) in [6.07, 6.45) is 2.53. The van der Waals surface area contributed by atoms with Crippen molar-refractivity contribution < 1.29 is 28.6 Å². The van der Waals surface area contributed by atoms with Crippen LogP contribution in [0.1, 0.15) is 81.2 Å². The highest BCUT2D eigenvalue weighted by Crippen LogP contribution is 2.41. The number of halogens is 1. The molecule has 252 valence electrons. The van der Waals surface area contributed by atoms with Gasteiger partial charge >= 0.3 is 0 Å². The van der Waals surface area contributed by atoms with Gasteiger partial charge in [0.1, 0.15) is 24.2 Å². The number of benzene rings is 1. The van der Waals surface area contributed by atoms with Gasteiger partial charge in [0.2, 0.25) is 11.8 Å². The zero-order valence-electron chi connectivity index (χ0n) is 27.7. The lowest BCUT2D eigenvalue weighted by atomic mass is 9.77. The van der Waals surface area contributed by atoms with E-state index in [1.165, 1.54) is 6.07 Å². The number of aromatic nitrogens is 2. The van der Waals surface area contributed by atoms with Gasteiger partial charge in [-0.2, -0.15) is 0 Å². The van der Waals surface area contributed by atoms with Gasteiger partial charge in [-0.25, -0.2) is 9.37 Å². The van der Waals surface area contributed by atoms with Gasteiger partial charge in [-0.05, 0) is 75.1 Å². The fourth-order valence-corrected chi connectivity index (χ4v) is 6.49. The number of carbonyl (C=O) groups is 3. The predicted octanol–water partition coefficient (Wildman–Crippen LogP) is 2.89. The molecule has 5 rings (SSSR count). The van der Waals surface area contributed by atoms with E-state index in [1.54, 1.807) is 37.5 Å². The van der Waals surface area contributed by atoms with Crippen LogP contribution >= 0.6 is 0 Å². The maximum absolute atomic E-state index is 14.7. The largest absolute Gasteiger partial charge is 0.377 e. The van der Waals surface area contributed by atoms with Gasteiger partial charge in [0.15, 0.2) is 5.78 Å². The Morgan fingerprint density at radius 3 is 2.57 bits per heavy atom. The minimum absolute atomic E-state index is 0.0170. The molecule has 2 aliphatic rings. The molecule has 11 nitrogen and oxygen atoms in total. The molecule has 0 unspecified atom stereocenters. The van der Waals surface area contributed by atoms with E-state index < -0.39 is 17.7 Å². The number of pyridine rings is 2. The Kier molecular flexibility index (Phi) is 9.95. The van der Waals surface area contributed by atoms with Crippen molar-refractivity contribution in [2.45, 2.75) is 97.4 Å². The number of amides is 2. The fraction of sp³-hybridized carbons (Fsp3) is 0.514. The van der Waals surface area contributed by atoms with E-state index in [1.807, 2.05) is 13.8 Å². The number of Topliss-reactive ketones (excluding diaryl/α,β-unsaturated/α-hetero) is 1. The van der Waals surface area contributed by atoms with Crippen LogP contribution in [-0.4, -0.2) is 57.7 Å². The number of ketones is 1. The second kappa shape index (κ2) is 13.6. The van der Waals surface area contributed by atoms with Crippen LogP contribution in [0.2, 0.25) is 0 Å². The summed E-state index contributed by atoms with van der Waals surface area (Å²) in [7, 11) is 0. The first kappa shape index (κ1) is 34.3. The van der Waals surface area contributed by atoms with Crippen molar-refractivity contribution in [1.29, 1.82) is 0 Å². The van der Waals surface area contributed by atoms with Gasteiger partial charge in [0.05, 0.1) is 29.5 Å². The maximum atomic E-state index is 14.7. The molecule has 0 spiro atoms. The van der Waals surface area contributed by atoms with Gasteiger partial charge < -0.3 is 30.8 Å². The Labute approximate surface area is 273 Å². The molecule has 3 heterocycles. The predicted molar refractivity (Wildman–Crippen MR) is 175 cm³/mol. The molecule has 2 aromatic heterocycles. The molecule has 2 amide bonds. The number of nitrogens with zero attached hydrogens (tertiary/aromatic N) is 2. The highest BCUT2D eigenvalue weighted by atomic mass is 19.1. The van der Waals surface area contributed by atoms with Gasteiger partial charge in [-0.1, -0.05) is 20.8 Å². The van der Waals surface area contributed by atoms with Crippen molar-refractivity contribution in [2.24, 2.45) is 11.7 Å². The number of nitrogens with two attached hydrogens (primary N) is 1. The second-order valence-corrected chi connectivity index (χ2v) is 13.0.